The molecule has 1 atom stereocenters. The topological polar surface area (TPSA) is 98.8 Å². The number of sulfone groups is 1. The number of ether oxygens (including phenoxy) is 2. The van der Waals surface area contributed by atoms with Crippen molar-refractivity contribution in [2.45, 2.75) is 32.6 Å². The van der Waals surface area contributed by atoms with Gasteiger partial charge >= 0.3 is 11.9 Å². The number of hydrogen-bond donors (Lipinski definition) is 1. The van der Waals surface area contributed by atoms with Crippen LogP contribution in [0.15, 0.2) is 51.7 Å². The first-order valence-corrected chi connectivity index (χ1v) is 10.5. The van der Waals surface area contributed by atoms with Crippen molar-refractivity contribution in [1.29, 1.82) is 0 Å². The molecule has 7 nitrogen and oxygen atoms in total. The first-order valence-electron chi connectivity index (χ1n) is 8.82. The lowest BCUT2D eigenvalue weighted by atomic mass is 9.87. The molecule has 0 fully saturated rings. The minimum atomic E-state index is -3.56. The maximum atomic E-state index is 12.6. The molecular formula is C20H25NO6S. The minimum Gasteiger partial charge on any atom is -0.466 e. The van der Waals surface area contributed by atoms with Gasteiger partial charge in [0.1, 0.15) is 6.61 Å². The van der Waals surface area contributed by atoms with Crippen LogP contribution in [-0.2, 0) is 28.9 Å². The number of allylic oxidation sites excluding steroid dienone is 2. The zero-order chi connectivity index (χ0) is 21.1. The fourth-order valence-corrected chi connectivity index (χ4v) is 4.25. The van der Waals surface area contributed by atoms with E-state index in [1.54, 1.807) is 32.9 Å². The summed E-state index contributed by atoms with van der Waals surface area (Å²) in [5, 5.41) is 2.98. The van der Waals surface area contributed by atoms with E-state index in [1.165, 1.54) is 19.2 Å². The van der Waals surface area contributed by atoms with Crippen LogP contribution < -0.4 is 5.32 Å². The van der Waals surface area contributed by atoms with E-state index in [0.717, 1.165) is 5.56 Å². The van der Waals surface area contributed by atoms with E-state index in [1.807, 2.05) is 6.92 Å². The highest BCUT2D eigenvalue weighted by molar-refractivity contribution is 7.91. The fraction of sp³-hybridized carbons (Fsp3) is 0.400. The Labute approximate surface area is 165 Å². The van der Waals surface area contributed by atoms with Crippen molar-refractivity contribution < 1.29 is 27.5 Å². The molecule has 0 bridgehead atoms. The normalized spacial score (nSPS) is 17.2. The summed E-state index contributed by atoms with van der Waals surface area (Å²) in [5.41, 5.74) is 2.74. The third-order valence-corrected chi connectivity index (χ3v) is 6.33. The molecule has 1 unspecified atom stereocenters. The van der Waals surface area contributed by atoms with Gasteiger partial charge < -0.3 is 14.8 Å². The summed E-state index contributed by atoms with van der Waals surface area (Å²) in [6.07, 6.45) is 0. The van der Waals surface area contributed by atoms with E-state index >= 15 is 0 Å². The molecule has 1 aliphatic heterocycles. The van der Waals surface area contributed by atoms with Crippen LogP contribution in [0, 0.1) is 12.8 Å². The average molecular weight is 407 g/mol. The molecule has 1 aromatic carbocycles. The molecule has 0 amide bonds. The van der Waals surface area contributed by atoms with E-state index in [4.69, 9.17) is 9.47 Å². The zero-order valence-corrected chi connectivity index (χ0v) is 17.5. The lowest BCUT2D eigenvalue weighted by Gasteiger charge is -2.27. The van der Waals surface area contributed by atoms with Gasteiger partial charge in [0.25, 0.3) is 0 Å². The highest BCUT2D eigenvalue weighted by Crippen LogP contribution is 2.30. The number of methoxy groups -OCH3 is 1. The van der Waals surface area contributed by atoms with Gasteiger partial charge in [-0.25, -0.2) is 18.0 Å². The predicted octanol–water partition coefficient (Wildman–Crippen LogP) is 2.27. The number of nitrogens with one attached hydrogen (secondary N) is 1. The Morgan fingerprint density at radius 3 is 2.07 bits per heavy atom. The summed E-state index contributed by atoms with van der Waals surface area (Å²) in [6.45, 7) is 6.72. The Hall–Kier alpha value is -2.61. The van der Waals surface area contributed by atoms with Gasteiger partial charge in [-0.05, 0) is 32.9 Å². The van der Waals surface area contributed by atoms with Crippen molar-refractivity contribution in [3.63, 3.8) is 0 Å². The standard InChI is InChI=1S/C20H25NO6S/c1-12-6-8-16(9-7-12)28(24,25)11-10-27-20(23)18-13(2)17(19(22)26-5)14(3)21-15(18)4/h6-9,13,21H,10-11H2,1-5H3. The smallest absolute Gasteiger partial charge is 0.336 e. The second kappa shape index (κ2) is 8.60. The number of carbonyl (C=O) groups excluding carboxylic acids is 2. The molecule has 1 N–H and O–H groups in total. The van der Waals surface area contributed by atoms with Crippen molar-refractivity contribution in [1.82, 2.24) is 5.32 Å². The van der Waals surface area contributed by atoms with E-state index in [2.05, 4.69) is 5.32 Å². The molecule has 0 radical (unpaired) electrons. The summed E-state index contributed by atoms with van der Waals surface area (Å²) in [5.74, 6) is -2.05. The van der Waals surface area contributed by atoms with Gasteiger partial charge in [0, 0.05) is 17.3 Å². The number of aryl methyl sites for hydroxylation is 1. The van der Waals surface area contributed by atoms with Crippen LogP contribution in [0.1, 0.15) is 26.3 Å². The number of hydrogen-bond acceptors (Lipinski definition) is 7. The van der Waals surface area contributed by atoms with E-state index < -0.39 is 27.7 Å². The summed E-state index contributed by atoms with van der Waals surface area (Å²) in [4.78, 5) is 24.8. The minimum absolute atomic E-state index is 0.184. The summed E-state index contributed by atoms with van der Waals surface area (Å²) in [7, 11) is -2.29. The van der Waals surface area contributed by atoms with Gasteiger partial charge in [0.05, 0.1) is 28.9 Å². The highest BCUT2D eigenvalue weighted by atomic mass is 32.2. The summed E-state index contributed by atoms with van der Waals surface area (Å²) < 4.78 is 34.7. The van der Waals surface area contributed by atoms with Gasteiger partial charge in [0.15, 0.2) is 9.84 Å². The number of carbonyl (C=O) groups is 2. The zero-order valence-electron chi connectivity index (χ0n) is 16.7. The lowest BCUT2D eigenvalue weighted by Crippen LogP contribution is -2.32. The van der Waals surface area contributed by atoms with Crippen LogP contribution in [0.3, 0.4) is 0 Å². The molecule has 0 spiro atoms. The monoisotopic (exact) mass is 407 g/mol. The fourth-order valence-electron chi connectivity index (χ4n) is 3.16. The van der Waals surface area contributed by atoms with Gasteiger partial charge in [-0.2, -0.15) is 0 Å². The maximum Gasteiger partial charge on any atom is 0.336 e. The molecule has 0 saturated heterocycles. The molecular weight excluding hydrogens is 382 g/mol. The van der Waals surface area contributed by atoms with Crippen molar-refractivity contribution in [3.8, 4) is 0 Å². The van der Waals surface area contributed by atoms with Crippen LogP contribution >= 0.6 is 0 Å². The Balaban J connectivity index is 2.07. The SMILES string of the molecule is COC(=O)C1=C(C)NC(C)=C(C(=O)OCCS(=O)(=O)c2ccc(C)cc2)C1C. The second-order valence-corrected chi connectivity index (χ2v) is 8.79. The van der Waals surface area contributed by atoms with Crippen LogP contribution in [0.2, 0.25) is 0 Å². The predicted molar refractivity (Wildman–Crippen MR) is 104 cm³/mol. The molecule has 0 aliphatic carbocycles. The van der Waals surface area contributed by atoms with Gasteiger partial charge in [0.2, 0.25) is 0 Å². The largest absolute Gasteiger partial charge is 0.466 e. The van der Waals surface area contributed by atoms with Gasteiger partial charge in [-0.15, -0.1) is 0 Å². The van der Waals surface area contributed by atoms with Crippen LogP contribution in [0.25, 0.3) is 0 Å². The quantitative estimate of drug-likeness (QED) is 0.722. The third kappa shape index (κ3) is 4.62. The second-order valence-electron chi connectivity index (χ2n) is 6.68. The Morgan fingerprint density at radius 2 is 1.54 bits per heavy atom. The maximum absolute atomic E-state index is 12.6. The van der Waals surface area contributed by atoms with Crippen molar-refractivity contribution in [2.24, 2.45) is 5.92 Å². The average Bonchev–Trinajstić information content (AvgIpc) is 2.61. The Morgan fingerprint density at radius 1 is 1.00 bits per heavy atom. The lowest BCUT2D eigenvalue weighted by molar-refractivity contribution is -0.139. The first-order chi connectivity index (χ1) is 13.1. The summed E-state index contributed by atoms with van der Waals surface area (Å²) in [6, 6.07) is 6.49. The van der Waals surface area contributed by atoms with Crippen LogP contribution in [0.5, 0.6) is 0 Å². The highest BCUT2D eigenvalue weighted by Gasteiger charge is 2.33. The molecule has 0 aromatic heterocycles. The van der Waals surface area contributed by atoms with Gasteiger partial charge in [-0.3, -0.25) is 0 Å². The molecule has 152 valence electrons. The number of benzene rings is 1. The molecule has 28 heavy (non-hydrogen) atoms. The molecule has 1 heterocycles. The van der Waals surface area contributed by atoms with Crippen molar-refractivity contribution in [2.75, 3.05) is 19.5 Å². The molecule has 1 aromatic rings. The Bertz CT molecular complexity index is 941. The van der Waals surface area contributed by atoms with Gasteiger partial charge in [-0.1, -0.05) is 24.6 Å². The summed E-state index contributed by atoms with van der Waals surface area (Å²) >= 11 is 0. The van der Waals surface area contributed by atoms with Crippen molar-refractivity contribution in [3.05, 3.63) is 52.4 Å². The number of dihydropyridines is 1. The molecule has 8 heteroatoms. The van der Waals surface area contributed by atoms with Crippen molar-refractivity contribution >= 4 is 21.8 Å². The van der Waals surface area contributed by atoms with E-state index in [-0.39, 0.29) is 22.8 Å². The molecule has 0 saturated carbocycles. The number of rotatable bonds is 6. The van der Waals surface area contributed by atoms with E-state index in [9.17, 15) is 18.0 Å². The van der Waals surface area contributed by atoms with Crippen LogP contribution in [0.4, 0.5) is 0 Å². The van der Waals surface area contributed by atoms with E-state index in [0.29, 0.717) is 17.0 Å². The third-order valence-electron chi connectivity index (χ3n) is 4.64. The first kappa shape index (κ1) is 21.7. The van der Waals surface area contributed by atoms with Crippen LogP contribution in [-0.4, -0.2) is 39.8 Å². The Kier molecular flexibility index (Phi) is 6.66. The number of esters is 2. The molecule has 2 rings (SSSR count). The molecule has 1 aliphatic rings.